The van der Waals surface area contributed by atoms with Gasteiger partial charge in [0.25, 0.3) is 0 Å². The quantitative estimate of drug-likeness (QED) is 0.846. The minimum atomic E-state index is -0.466. The molecule has 2 rings (SSSR count). The molecule has 0 aliphatic rings. The van der Waals surface area contributed by atoms with E-state index in [9.17, 15) is 9.90 Å². The lowest BCUT2D eigenvalue weighted by molar-refractivity contribution is -0.119. The smallest absolute Gasteiger partial charge is 0.249 e. The van der Waals surface area contributed by atoms with Crippen molar-refractivity contribution in [3.8, 4) is 5.75 Å². The van der Waals surface area contributed by atoms with Gasteiger partial charge < -0.3 is 10.4 Å². The van der Waals surface area contributed by atoms with E-state index in [2.05, 4.69) is 10.4 Å². The Bertz CT molecular complexity index is 583. The van der Waals surface area contributed by atoms with Crippen molar-refractivity contribution in [2.24, 2.45) is 0 Å². The molecule has 1 amide bonds. The van der Waals surface area contributed by atoms with Gasteiger partial charge in [-0.05, 0) is 18.6 Å². The average Bonchev–Trinajstić information content (AvgIpc) is 2.80. The van der Waals surface area contributed by atoms with E-state index in [1.165, 1.54) is 16.9 Å². The monoisotopic (exact) mass is 279 g/mol. The van der Waals surface area contributed by atoms with Crippen molar-refractivity contribution in [2.45, 2.75) is 19.4 Å². The molecule has 1 aromatic heterocycles. The first-order valence-electron chi connectivity index (χ1n) is 5.90. The third kappa shape index (κ3) is 3.06. The van der Waals surface area contributed by atoms with E-state index in [1.54, 1.807) is 24.4 Å². The number of aromatic hydroxyl groups is 1. The van der Waals surface area contributed by atoms with Crippen molar-refractivity contribution >= 4 is 23.2 Å². The number of amides is 1. The molecule has 2 N–H and O–H groups in total. The summed E-state index contributed by atoms with van der Waals surface area (Å²) in [4.78, 5) is 12.2. The van der Waals surface area contributed by atoms with Crippen LogP contribution in [0.4, 0.5) is 5.69 Å². The number of aromatic nitrogens is 2. The van der Waals surface area contributed by atoms with Gasteiger partial charge in [0.15, 0.2) is 0 Å². The summed E-state index contributed by atoms with van der Waals surface area (Å²) >= 11 is 5.80. The highest BCUT2D eigenvalue weighted by atomic mass is 35.5. The van der Waals surface area contributed by atoms with Gasteiger partial charge in [-0.15, -0.1) is 0 Å². The molecule has 6 heteroatoms. The van der Waals surface area contributed by atoms with Crippen molar-refractivity contribution in [2.75, 3.05) is 5.32 Å². The summed E-state index contributed by atoms with van der Waals surface area (Å²) in [5.41, 5.74) is 0.379. The number of rotatable bonds is 4. The van der Waals surface area contributed by atoms with E-state index >= 15 is 0 Å². The van der Waals surface area contributed by atoms with Gasteiger partial charge in [-0.3, -0.25) is 9.48 Å². The predicted molar refractivity (Wildman–Crippen MR) is 73.3 cm³/mol. The second kappa shape index (κ2) is 5.75. The van der Waals surface area contributed by atoms with Crippen molar-refractivity contribution < 1.29 is 9.90 Å². The van der Waals surface area contributed by atoms with Crippen LogP contribution in [0.25, 0.3) is 0 Å². The summed E-state index contributed by atoms with van der Waals surface area (Å²) in [5, 5.41) is 16.8. The van der Waals surface area contributed by atoms with Gasteiger partial charge in [0.05, 0.1) is 16.9 Å². The van der Waals surface area contributed by atoms with Crippen LogP contribution < -0.4 is 5.32 Å². The Balaban J connectivity index is 2.16. The fourth-order valence-corrected chi connectivity index (χ4v) is 1.92. The number of carbonyl (C=O) groups is 1. The number of hydrogen-bond donors (Lipinski definition) is 2. The molecule has 100 valence electrons. The van der Waals surface area contributed by atoms with Crippen LogP contribution >= 0.6 is 11.6 Å². The maximum atomic E-state index is 12.2. The molecule has 1 atom stereocenters. The lowest BCUT2D eigenvalue weighted by atomic mass is 10.2. The van der Waals surface area contributed by atoms with Crippen LogP contribution in [0.5, 0.6) is 5.75 Å². The minimum absolute atomic E-state index is 0.0317. The molecule has 5 nitrogen and oxygen atoms in total. The molecule has 0 radical (unpaired) electrons. The van der Waals surface area contributed by atoms with E-state index in [-0.39, 0.29) is 11.7 Å². The zero-order valence-corrected chi connectivity index (χ0v) is 11.1. The van der Waals surface area contributed by atoms with E-state index in [0.29, 0.717) is 17.1 Å². The first kappa shape index (κ1) is 13.4. The zero-order chi connectivity index (χ0) is 13.8. The molecule has 0 saturated carbocycles. The summed E-state index contributed by atoms with van der Waals surface area (Å²) in [6.45, 7) is 1.88. The molecule has 0 aliphatic carbocycles. The molecule has 0 unspecified atom stereocenters. The topological polar surface area (TPSA) is 67.2 Å². The van der Waals surface area contributed by atoms with Crippen LogP contribution in [-0.2, 0) is 4.79 Å². The molecule has 0 saturated heterocycles. The highest BCUT2D eigenvalue weighted by Crippen LogP contribution is 2.23. The Labute approximate surface area is 115 Å². The number of para-hydroxylation sites is 2. The van der Waals surface area contributed by atoms with Gasteiger partial charge >= 0.3 is 0 Å². The van der Waals surface area contributed by atoms with Crippen LogP contribution in [0.2, 0.25) is 5.02 Å². The van der Waals surface area contributed by atoms with Gasteiger partial charge in [0, 0.05) is 6.20 Å². The predicted octanol–water partition coefficient (Wildman–Crippen LogP) is 2.83. The number of hydrogen-bond acceptors (Lipinski definition) is 3. The summed E-state index contributed by atoms with van der Waals surface area (Å²) < 4.78 is 1.51. The SMILES string of the molecule is CC[C@@H](C(=O)Nc1ccccc1O)n1cc(Cl)cn1. The number of phenols is 1. The Morgan fingerprint density at radius 3 is 2.84 bits per heavy atom. The molecule has 1 aromatic carbocycles. The number of nitrogens with zero attached hydrogens (tertiary/aromatic N) is 2. The number of benzene rings is 1. The van der Waals surface area contributed by atoms with Crippen LogP contribution in [0.15, 0.2) is 36.7 Å². The highest BCUT2D eigenvalue weighted by molar-refractivity contribution is 6.30. The van der Waals surface area contributed by atoms with Crippen LogP contribution in [0, 0.1) is 0 Å². The molecule has 2 aromatic rings. The van der Waals surface area contributed by atoms with E-state index < -0.39 is 6.04 Å². The van der Waals surface area contributed by atoms with Crippen LogP contribution in [0.3, 0.4) is 0 Å². The minimum Gasteiger partial charge on any atom is -0.506 e. The third-order valence-corrected chi connectivity index (χ3v) is 2.94. The van der Waals surface area contributed by atoms with E-state index in [1.807, 2.05) is 6.92 Å². The lowest BCUT2D eigenvalue weighted by Crippen LogP contribution is -2.25. The average molecular weight is 280 g/mol. The molecular weight excluding hydrogens is 266 g/mol. The first-order chi connectivity index (χ1) is 9.11. The Kier molecular flexibility index (Phi) is 4.06. The Hall–Kier alpha value is -2.01. The number of halogens is 1. The fraction of sp³-hybridized carbons (Fsp3) is 0.231. The van der Waals surface area contributed by atoms with E-state index in [4.69, 9.17) is 11.6 Å². The van der Waals surface area contributed by atoms with Crippen molar-refractivity contribution in [3.63, 3.8) is 0 Å². The molecule has 0 spiro atoms. The van der Waals surface area contributed by atoms with Crippen LogP contribution in [0.1, 0.15) is 19.4 Å². The van der Waals surface area contributed by atoms with Gasteiger partial charge in [-0.2, -0.15) is 5.10 Å². The zero-order valence-electron chi connectivity index (χ0n) is 10.4. The van der Waals surface area contributed by atoms with Gasteiger partial charge in [-0.1, -0.05) is 30.7 Å². The van der Waals surface area contributed by atoms with Gasteiger partial charge in [0.2, 0.25) is 5.91 Å². The summed E-state index contributed by atoms with van der Waals surface area (Å²) in [5.74, 6) is -0.215. The molecule has 0 fully saturated rings. The standard InChI is InChI=1S/C13H14ClN3O2/c1-2-11(17-8-9(14)7-15-17)13(19)16-10-5-3-4-6-12(10)18/h3-8,11,18H,2H2,1H3,(H,16,19)/t11-/m0/s1. The van der Waals surface area contributed by atoms with Gasteiger partial charge in [0.1, 0.15) is 11.8 Å². The first-order valence-corrected chi connectivity index (χ1v) is 6.28. The Morgan fingerprint density at radius 2 is 2.26 bits per heavy atom. The number of anilines is 1. The second-order valence-corrected chi connectivity index (χ2v) is 4.51. The Morgan fingerprint density at radius 1 is 1.53 bits per heavy atom. The fourth-order valence-electron chi connectivity index (χ4n) is 1.77. The maximum absolute atomic E-state index is 12.2. The molecule has 0 aliphatic heterocycles. The summed E-state index contributed by atoms with van der Waals surface area (Å²) in [6, 6.07) is 6.11. The van der Waals surface area contributed by atoms with E-state index in [0.717, 1.165) is 0 Å². The number of carbonyl (C=O) groups excluding carboxylic acids is 1. The highest BCUT2D eigenvalue weighted by Gasteiger charge is 2.20. The summed E-state index contributed by atoms with van der Waals surface area (Å²) in [7, 11) is 0. The number of phenolic OH excluding ortho intramolecular Hbond substituents is 1. The second-order valence-electron chi connectivity index (χ2n) is 4.07. The normalized spacial score (nSPS) is 12.1. The van der Waals surface area contributed by atoms with Crippen molar-refractivity contribution in [1.29, 1.82) is 0 Å². The molecule has 1 heterocycles. The maximum Gasteiger partial charge on any atom is 0.249 e. The summed E-state index contributed by atoms with van der Waals surface area (Å²) in [6.07, 6.45) is 3.65. The molecular formula is C13H14ClN3O2. The number of nitrogens with one attached hydrogen (secondary N) is 1. The van der Waals surface area contributed by atoms with Crippen molar-refractivity contribution in [3.05, 3.63) is 41.7 Å². The van der Waals surface area contributed by atoms with Crippen molar-refractivity contribution in [1.82, 2.24) is 9.78 Å². The van der Waals surface area contributed by atoms with Crippen LogP contribution in [-0.4, -0.2) is 20.8 Å². The lowest BCUT2D eigenvalue weighted by Gasteiger charge is -2.15. The largest absolute Gasteiger partial charge is 0.506 e. The third-order valence-electron chi connectivity index (χ3n) is 2.74. The van der Waals surface area contributed by atoms with Gasteiger partial charge in [-0.25, -0.2) is 0 Å². The molecule has 0 bridgehead atoms. The molecule has 19 heavy (non-hydrogen) atoms.